The van der Waals surface area contributed by atoms with Crippen LogP contribution in [0.4, 0.5) is 5.69 Å². The summed E-state index contributed by atoms with van der Waals surface area (Å²) in [6.07, 6.45) is 3.51. The summed E-state index contributed by atoms with van der Waals surface area (Å²) in [4.78, 5) is 16.4. The molecule has 0 unspecified atom stereocenters. The lowest BCUT2D eigenvalue weighted by Crippen LogP contribution is -2.11. The zero-order valence-corrected chi connectivity index (χ0v) is 15.0. The van der Waals surface area contributed by atoms with Crippen LogP contribution in [0.15, 0.2) is 73.1 Å². The van der Waals surface area contributed by atoms with Crippen LogP contribution in [0, 0.1) is 0 Å². The van der Waals surface area contributed by atoms with Gasteiger partial charge in [-0.1, -0.05) is 32.0 Å². The number of nitrogens with zero attached hydrogens (tertiary/aromatic N) is 1. The fraction of sp³-hybridized carbons (Fsp3) is 0.182. The van der Waals surface area contributed by atoms with Crippen molar-refractivity contribution in [2.45, 2.75) is 26.4 Å². The Hall–Kier alpha value is -3.14. The van der Waals surface area contributed by atoms with Crippen molar-refractivity contribution in [1.82, 2.24) is 4.98 Å². The Labute approximate surface area is 153 Å². The number of ether oxygens (including phenoxy) is 1. The van der Waals surface area contributed by atoms with E-state index in [1.807, 2.05) is 60.7 Å². The molecule has 0 radical (unpaired) electrons. The standard InChI is InChI=1S/C22H22N2O2/c1-16(2)18-5-7-19(8-6-18)22(25)24-20-9-11-21(12-10-20)26-15-17-4-3-13-23-14-17/h3-14,16H,15H2,1-2H3,(H,24,25). The molecule has 0 saturated carbocycles. The lowest BCUT2D eigenvalue weighted by atomic mass is 10.0. The maximum atomic E-state index is 12.3. The van der Waals surface area contributed by atoms with Gasteiger partial charge in [0.15, 0.2) is 0 Å². The van der Waals surface area contributed by atoms with E-state index in [-0.39, 0.29) is 5.91 Å². The molecule has 0 aliphatic heterocycles. The molecule has 0 spiro atoms. The van der Waals surface area contributed by atoms with Crippen LogP contribution in [-0.2, 0) is 6.61 Å². The molecule has 1 amide bonds. The second-order valence-electron chi connectivity index (χ2n) is 6.41. The number of benzene rings is 2. The zero-order valence-electron chi connectivity index (χ0n) is 15.0. The van der Waals surface area contributed by atoms with E-state index in [1.54, 1.807) is 12.4 Å². The molecule has 0 aliphatic rings. The number of rotatable bonds is 6. The van der Waals surface area contributed by atoms with E-state index in [4.69, 9.17) is 4.74 Å². The number of carbonyl (C=O) groups is 1. The Morgan fingerprint density at radius 1 is 1.04 bits per heavy atom. The van der Waals surface area contributed by atoms with E-state index in [2.05, 4.69) is 24.1 Å². The van der Waals surface area contributed by atoms with E-state index in [9.17, 15) is 4.79 Å². The Bertz CT molecular complexity index is 842. The number of hydrogen-bond acceptors (Lipinski definition) is 3. The summed E-state index contributed by atoms with van der Waals surface area (Å²) in [5.41, 5.74) is 3.61. The van der Waals surface area contributed by atoms with Gasteiger partial charge in [0.1, 0.15) is 12.4 Å². The zero-order chi connectivity index (χ0) is 18.4. The van der Waals surface area contributed by atoms with Gasteiger partial charge in [0.25, 0.3) is 5.91 Å². The summed E-state index contributed by atoms with van der Waals surface area (Å²) in [6.45, 7) is 4.72. The van der Waals surface area contributed by atoms with E-state index >= 15 is 0 Å². The van der Waals surface area contributed by atoms with E-state index < -0.39 is 0 Å². The van der Waals surface area contributed by atoms with Crippen LogP contribution in [0.3, 0.4) is 0 Å². The number of carbonyl (C=O) groups excluding carboxylic acids is 1. The maximum absolute atomic E-state index is 12.3. The number of nitrogens with one attached hydrogen (secondary N) is 1. The molecule has 4 nitrogen and oxygen atoms in total. The highest BCUT2D eigenvalue weighted by Crippen LogP contribution is 2.19. The summed E-state index contributed by atoms with van der Waals surface area (Å²) in [5, 5.41) is 2.90. The first-order valence-electron chi connectivity index (χ1n) is 8.65. The van der Waals surface area contributed by atoms with Crippen LogP contribution in [0.2, 0.25) is 0 Å². The fourth-order valence-electron chi connectivity index (χ4n) is 2.51. The van der Waals surface area contributed by atoms with Gasteiger partial charge in [0, 0.05) is 29.2 Å². The molecule has 0 atom stereocenters. The molecule has 132 valence electrons. The molecular weight excluding hydrogens is 324 g/mol. The highest BCUT2D eigenvalue weighted by molar-refractivity contribution is 6.04. The molecule has 1 N–H and O–H groups in total. The van der Waals surface area contributed by atoms with Crippen molar-refractivity contribution in [3.05, 3.63) is 89.7 Å². The van der Waals surface area contributed by atoms with Gasteiger partial charge >= 0.3 is 0 Å². The summed E-state index contributed by atoms with van der Waals surface area (Å²) >= 11 is 0. The smallest absolute Gasteiger partial charge is 0.255 e. The molecule has 0 fully saturated rings. The Balaban J connectivity index is 1.57. The van der Waals surface area contributed by atoms with Crippen LogP contribution in [0.1, 0.15) is 41.3 Å². The maximum Gasteiger partial charge on any atom is 0.255 e. The topological polar surface area (TPSA) is 51.2 Å². The Morgan fingerprint density at radius 3 is 2.38 bits per heavy atom. The summed E-state index contributed by atoms with van der Waals surface area (Å²) in [6, 6.07) is 18.9. The molecule has 26 heavy (non-hydrogen) atoms. The fourth-order valence-corrected chi connectivity index (χ4v) is 2.51. The quantitative estimate of drug-likeness (QED) is 0.680. The first-order valence-corrected chi connectivity index (χ1v) is 8.65. The average Bonchev–Trinajstić information content (AvgIpc) is 2.68. The summed E-state index contributed by atoms with van der Waals surface area (Å²) in [7, 11) is 0. The van der Waals surface area contributed by atoms with Crippen molar-refractivity contribution >= 4 is 11.6 Å². The molecule has 1 aromatic heterocycles. The second kappa shape index (κ2) is 8.30. The Kier molecular flexibility index (Phi) is 5.64. The van der Waals surface area contributed by atoms with Crippen molar-refractivity contribution in [2.24, 2.45) is 0 Å². The first-order chi connectivity index (χ1) is 12.6. The molecule has 4 heteroatoms. The van der Waals surface area contributed by atoms with Crippen LogP contribution in [0.25, 0.3) is 0 Å². The highest BCUT2D eigenvalue weighted by atomic mass is 16.5. The number of hydrogen-bond donors (Lipinski definition) is 1. The predicted molar refractivity (Wildman–Crippen MR) is 103 cm³/mol. The minimum atomic E-state index is -0.121. The van der Waals surface area contributed by atoms with Gasteiger partial charge in [0.05, 0.1) is 0 Å². The summed E-state index contributed by atoms with van der Waals surface area (Å²) in [5.74, 6) is 1.07. The number of amides is 1. The lowest BCUT2D eigenvalue weighted by Gasteiger charge is -2.09. The normalized spacial score (nSPS) is 10.6. The molecule has 2 aromatic carbocycles. The van der Waals surface area contributed by atoms with Crippen LogP contribution in [0.5, 0.6) is 5.75 Å². The van der Waals surface area contributed by atoms with Crippen LogP contribution in [-0.4, -0.2) is 10.9 Å². The van der Waals surface area contributed by atoms with Crippen molar-refractivity contribution in [1.29, 1.82) is 0 Å². The molecular formula is C22H22N2O2. The van der Waals surface area contributed by atoms with Crippen LogP contribution < -0.4 is 10.1 Å². The third kappa shape index (κ3) is 4.70. The van der Waals surface area contributed by atoms with Crippen molar-refractivity contribution in [3.63, 3.8) is 0 Å². The van der Waals surface area contributed by atoms with Crippen molar-refractivity contribution in [3.8, 4) is 5.75 Å². The van der Waals surface area contributed by atoms with Crippen molar-refractivity contribution < 1.29 is 9.53 Å². The first kappa shape index (κ1) is 17.7. The van der Waals surface area contributed by atoms with E-state index in [0.717, 1.165) is 17.0 Å². The Morgan fingerprint density at radius 2 is 1.77 bits per heavy atom. The largest absolute Gasteiger partial charge is 0.489 e. The minimum Gasteiger partial charge on any atom is -0.489 e. The summed E-state index contributed by atoms with van der Waals surface area (Å²) < 4.78 is 5.72. The lowest BCUT2D eigenvalue weighted by molar-refractivity contribution is 0.102. The highest BCUT2D eigenvalue weighted by Gasteiger charge is 2.07. The third-order valence-electron chi connectivity index (χ3n) is 4.08. The number of aromatic nitrogens is 1. The van der Waals surface area contributed by atoms with Gasteiger partial charge in [-0.25, -0.2) is 0 Å². The van der Waals surface area contributed by atoms with Gasteiger partial charge in [0.2, 0.25) is 0 Å². The second-order valence-corrected chi connectivity index (χ2v) is 6.41. The number of anilines is 1. The van der Waals surface area contributed by atoms with Crippen molar-refractivity contribution in [2.75, 3.05) is 5.32 Å². The SMILES string of the molecule is CC(C)c1ccc(C(=O)Nc2ccc(OCc3cccnc3)cc2)cc1. The van der Waals surface area contributed by atoms with Gasteiger partial charge in [-0.2, -0.15) is 0 Å². The van der Waals surface area contributed by atoms with E-state index in [1.165, 1.54) is 5.56 Å². The molecule has 0 aliphatic carbocycles. The van der Waals surface area contributed by atoms with Gasteiger partial charge < -0.3 is 10.1 Å². The molecule has 3 rings (SSSR count). The predicted octanol–water partition coefficient (Wildman–Crippen LogP) is 5.04. The van der Waals surface area contributed by atoms with Gasteiger partial charge in [-0.05, 0) is 53.9 Å². The molecule has 1 heterocycles. The van der Waals surface area contributed by atoms with Gasteiger partial charge in [-0.15, -0.1) is 0 Å². The molecule has 0 saturated heterocycles. The van der Waals surface area contributed by atoms with Gasteiger partial charge in [-0.3, -0.25) is 9.78 Å². The van der Waals surface area contributed by atoms with E-state index in [0.29, 0.717) is 18.1 Å². The molecule has 0 bridgehead atoms. The minimum absolute atomic E-state index is 0.121. The third-order valence-corrected chi connectivity index (χ3v) is 4.08. The van der Waals surface area contributed by atoms with Crippen LogP contribution >= 0.6 is 0 Å². The molecule has 3 aromatic rings. The number of pyridine rings is 1. The average molecular weight is 346 g/mol. The monoisotopic (exact) mass is 346 g/mol.